The predicted molar refractivity (Wildman–Crippen MR) is 75.5 cm³/mol. The third-order valence-corrected chi connectivity index (χ3v) is 5.02. The van der Waals surface area contributed by atoms with Gasteiger partial charge in [-0.25, -0.2) is 0 Å². The summed E-state index contributed by atoms with van der Waals surface area (Å²) in [5.41, 5.74) is 0. The molecule has 1 aliphatic carbocycles. The van der Waals surface area contributed by atoms with Crippen molar-refractivity contribution in [3.63, 3.8) is 0 Å². The molecular formula is C13H26N2OS. The van der Waals surface area contributed by atoms with Crippen molar-refractivity contribution in [2.45, 2.75) is 56.7 Å². The molecule has 3 nitrogen and oxygen atoms in total. The van der Waals surface area contributed by atoms with E-state index in [2.05, 4.69) is 30.7 Å². The van der Waals surface area contributed by atoms with Crippen LogP contribution in [-0.2, 0) is 4.79 Å². The molecule has 1 rings (SSSR count). The highest BCUT2D eigenvalue weighted by Crippen LogP contribution is 2.39. The Bertz CT molecular complexity index is 240. The zero-order valence-electron chi connectivity index (χ0n) is 11.3. The van der Waals surface area contributed by atoms with Crippen LogP contribution in [0.1, 0.15) is 46.0 Å². The van der Waals surface area contributed by atoms with E-state index in [1.807, 2.05) is 11.8 Å². The van der Waals surface area contributed by atoms with Crippen molar-refractivity contribution < 1.29 is 4.79 Å². The Balaban J connectivity index is 2.27. The first-order valence-corrected chi connectivity index (χ1v) is 7.89. The molecule has 1 aliphatic rings. The van der Waals surface area contributed by atoms with Crippen LogP contribution in [0, 0.1) is 0 Å². The third kappa shape index (κ3) is 4.88. The number of carbonyl (C=O) groups is 1. The van der Waals surface area contributed by atoms with E-state index in [1.165, 1.54) is 25.7 Å². The normalized spacial score (nSPS) is 20.2. The maximum Gasteiger partial charge on any atom is 0.221 e. The van der Waals surface area contributed by atoms with Crippen LogP contribution in [0.5, 0.6) is 0 Å². The lowest BCUT2D eigenvalue weighted by Crippen LogP contribution is -2.40. The van der Waals surface area contributed by atoms with Crippen LogP contribution in [0.3, 0.4) is 0 Å². The first-order valence-electron chi connectivity index (χ1n) is 6.67. The van der Waals surface area contributed by atoms with Crippen molar-refractivity contribution in [2.75, 3.05) is 19.3 Å². The third-order valence-electron chi connectivity index (χ3n) is 3.60. The number of thioether (sulfide) groups is 1. The quantitative estimate of drug-likeness (QED) is 0.735. The highest BCUT2D eigenvalue weighted by Gasteiger charge is 2.33. The van der Waals surface area contributed by atoms with Crippen LogP contribution in [0.15, 0.2) is 0 Å². The number of rotatable bonds is 7. The summed E-state index contributed by atoms with van der Waals surface area (Å²) in [5.74, 6) is 0.179. The molecule has 17 heavy (non-hydrogen) atoms. The lowest BCUT2D eigenvalue weighted by atomic mass is 10.1. The standard InChI is InChI=1S/C13H26N2OS/c1-4-14-11(2)9-12(16)15-10-13(17-3)7-5-6-8-13/h11,14H,4-10H2,1-3H3,(H,15,16). The number of amides is 1. The van der Waals surface area contributed by atoms with Gasteiger partial charge < -0.3 is 10.6 Å². The number of nitrogens with one attached hydrogen (secondary N) is 2. The molecule has 0 aromatic rings. The number of carbonyl (C=O) groups excluding carboxylic acids is 1. The van der Waals surface area contributed by atoms with Crippen LogP contribution in [0.4, 0.5) is 0 Å². The van der Waals surface area contributed by atoms with Crippen LogP contribution < -0.4 is 10.6 Å². The minimum Gasteiger partial charge on any atom is -0.355 e. The SMILES string of the molecule is CCNC(C)CC(=O)NCC1(SC)CCCC1. The fraction of sp³-hybridized carbons (Fsp3) is 0.923. The van der Waals surface area contributed by atoms with Gasteiger partial charge in [-0.1, -0.05) is 19.8 Å². The summed E-state index contributed by atoms with van der Waals surface area (Å²) < 4.78 is 0.317. The summed E-state index contributed by atoms with van der Waals surface area (Å²) in [6.07, 6.45) is 7.86. The van der Waals surface area contributed by atoms with E-state index in [4.69, 9.17) is 0 Å². The van der Waals surface area contributed by atoms with Gasteiger partial charge in [0.2, 0.25) is 5.91 Å². The molecule has 1 fully saturated rings. The van der Waals surface area contributed by atoms with Gasteiger partial charge in [-0.2, -0.15) is 11.8 Å². The molecule has 1 unspecified atom stereocenters. The van der Waals surface area contributed by atoms with Crippen LogP contribution in [-0.4, -0.2) is 36.0 Å². The molecule has 0 radical (unpaired) electrons. The van der Waals surface area contributed by atoms with Gasteiger partial charge in [0.05, 0.1) is 0 Å². The van der Waals surface area contributed by atoms with Gasteiger partial charge in [-0.05, 0) is 32.6 Å². The molecule has 0 spiro atoms. The van der Waals surface area contributed by atoms with E-state index in [0.717, 1.165) is 13.1 Å². The van der Waals surface area contributed by atoms with Crippen LogP contribution in [0.25, 0.3) is 0 Å². The van der Waals surface area contributed by atoms with Gasteiger partial charge in [-0.3, -0.25) is 4.79 Å². The highest BCUT2D eigenvalue weighted by molar-refractivity contribution is 8.00. The van der Waals surface area contributed by atoms with Gasteiger partial charge in [0, 0.05) is 23.8 Å². The Morgan fingerprint density at radius 2 is 2.06 bits per heavy atom. The molecule has 0 aliphatic heterocycles. The van der Waals surface area contributed by atoms with Gasteiger partial charge in [0.15, 0.2) is 0 Å². The molecule has 0 bridgehead atoms. The van der Waals surface area contributed by atoms with E-state index in [1.54, 1.807) is 0 Å². The van der Waals surface area contributed by atoms with Gasteiger partial charge in [0.1, 0.15) is 0 Å². The first kappa shape index (κ1) is 14.8. The van der Waals surface area contributed by atoms with E-state index in [9.17, 15) is 4.79 Å². The lowest BCUT2D eigenvalue weighted by Gasteiger charge is -2.27. The second-order valence-electron chi connectivity index (χ2n) is 5.03. The second-order valence-corrected chi connectivity index (χ2v) is 6.31. The highest BCUT2D eigenvalue weighted by atomic mass is 32.2. The fourth-order valence-corrected chi connectivity index (χ4v) is 3.42. The minimum atomic E-state index is 0.179. The van der Waals surface area contributed by atoms with Gasteiger partial charge >= 0.3 is 0 Å². The largest absolute Gasteiger partial charge is 0.355 e. The van der Waals surface area contributed by atoms with Crippen LogP contribution in [0.2, 0.25) is 0 Å². The Morgan fingerprint density at radius 1 is 1.41 bits per heavy atom. The number of hydrogen-bond acceptors (Lipinski definition) is 3. The van der Waals surface area contributed by atoms with Crippen molar-refractivity contribution in [3.05, 3.63) is 0 Å². The maximum absolute atomic E-state index is 11.8. The molecule has 1 saturated carbocycles. The van der Waals surface area contributed by atoms with Gasteiger partial charge in [-0.15, -0.1) is 0 Å². The molecule has 0 saturated heterocycles. The van der Waals surface area contributed by atoms with Crippen LogP contribution >= 0.6 is 11.8 Å². The van der Waals surface area contributed by atoms with E-state index in [0.29, 0.717) is 11.2 Å². The zero-order chi connectivity index (χ0) is 12.7. The van der Waals surface area contributed by atoms with Gasteiger partial charge in [0.25, 0.3) is 0 Å². The molecule has 1 amide bonds. The summed E-state index contributed by atoms with van der Waals surface area (Å²) in [6, 6.07) is 0.272. The topological polar surface area (TPSA) is 41.1 Å². The Morgan fingerprint density at radius 3 is 2.59 bits per heavy atom. The molecule has 4 heteroatoms. The van der Waals surface area contributed by atoms with E-state index in [-0.39, 0.29) is 11.9 Å². The summed E-state index contributed by atoms with van der Waals surface area (Å²) in [6.45, 7) is 5.88. The maximum atomic E-state index is 11.8. The minimum absolute atomic E-state index is 0.179. The lowest BCUT2D eigenvalue weighted by molar-refractivity contribution is -0.121. The molecule has 0 aromatic carbocycles. The summed E-state index contributed by atoms with van der Waals surface area (Å²) in [7, 11) is 0. The average molecular weight is 258 g/mol. The Hall–Kier alpha value is -0.220. The molecular weight excluding hydrogens is 232 g/mol. The monoisotopic (exact) mass is 258 g/mol. The smallest absolute Gasteiger partial charge is 0.221 e. The Labute approximate surface area is 109 Å². The summed E-state index contributed by atoms with van der Waals surface area (Å²) in [4.78, 5) is 11.8. The zero-order valence-corrected chi connectivity index (χ0v) is 12.2. The fourth-order valence-electron chi connectivity index (χ4n) is 2.50. The van der Waals surface area contributed by atoms with E-state index < -0.39 is 0 Å². The average Bonchev–Trinajstić information content (AvgIpc) is 2.76. The number of hydrogen-bond donors (Lipinski definition) is 2. The van der Waals surface area contributed by atoms with Crippen molar-refractivity contribution in [3.8, 4) is 0 Å². The van der Waals surface area contributed by atoms with Crippen molar-refractivity contribution in [2.24, 2.45) is 0 Å². The van der Waals surface area contributed by atoms with Crippen molar-refractivity contribution in [1.29, 1.82) is 0 Å². The molecule has 0 heterocycles. The molecule has 2 N–H and O–H groups in total. The summed E-state index contributed by atoms with van der Waals surface area (Å²) >= 11 is 1.92. The molecule has 1 atom stereocenters. The molecule has 0 aromatic heterocycles. The van der Waals surface area contributed by atoms with Crippen molar-refractivity contribution in [1.82, 2.24) is 10.6 Å². The first-order chi connectivity index (χ1) is 8.12. The van der Waals surface area contributed by atoms with Crippen molar-refractivity contribution >= 4 is 17.7 Å². The molecule has 100 valence electrons. The second kappa shape index (κ2) is 7.27. The Kier molecular flexibility index (Phi) is 6.34. The summed E-state index contributed by atoms with van der Waals surface area (Å²) in [5, 5.41) is 6.37. The predicted octanol–water partition coefficient (Wildman–Crippen LogP) is 2.17. The van der Waals surface area contributed by atoms with E-state index >= 15 is 0 Å².